The molecule has 4 rings (SSSR count). The molecule has 1 N–H and O–H groups in total. The van der Waals surface area contributed by atoms with Crippen molar-refractivity contribution in [1.29, 1.82) is 0 Å². The normalized spacial score (nSPS) is 12.0. The van der Waals surface area contributed by atoms with Gasteiger partial charge in [-0.2, -0.15) is 4.98 Å². The molecule has 0 saturated carbocycles. The molecular formula is C20H19N7O. The van der Waals surface area contributed by atoms with Gasteiger partial charge in [0.2, 0.25) is 17.7 Å². The van der Waals surface area contributed by atoms with E-state index in [0.717, 1.165) is 28.2 Å². The van der Waals surface area contributed by atoms with E-state index in [0.29, 0.717) is 17.7 Å². The van der Waals surface area contributed by atoms with Gasteiger partial charge in [0.05, 0.1) is 5.69 Å². The molecular weight excluding hydrogens is 354 g/mol. The first kappa shape index (κ1) is 17.7. The second kappa shape index (κ2) is 7.51. The van der Waals surface area contributed by atoms with Crippen molar-refractivity contribution in [2.24, 2.45) is 0 Å². The Morgan fingerprint density at radius 1 is 1.00 bits per heavy atom. The van der Waals surface area contributed by atoms with Gasteiger partial charge in [-0.1, -0.05) is 5.16 Å². The van der Waals surface area contributed by atoms with E-state index >= 15 is 0 Å². The molecule has 4 heterocycles. The maximum absolute atomic E-state index is 5.38. The molecule has 140 valence electrons. The molecule has 0 amide bonds. The zero-order chi connectivity index (χ0) is 19.5. The van der Waals surface area contributed by atoms with Gasteiger partial charge in [0.25, 0.3) is 0 Å². The molecule has 0 bridgehead atoms. The summed E-state index contributed by atoms with van der Waals surface area (Å²) in [6.07, 6.45) is 5.10. The molecule has 8 nitrogen and oxygen atoms in total. The standard InChI is InChI=1S/C20H19N7O/c1-12-6-7-16(13(2)23-12)17-8-10-22-20(25-17)24-14(3)19-26-18(27-28-19)15-5-4-9-21-11-15/h4-11,14H,1-3H3,(H,22,24,25). The average Bonchev–Trinajstić information content (AvgIpc) is 3.19. The Bertz CT molecular complexity index is 1090. The molecule has 8 heteroatoms. The minimum Gasteiger partial charge on any atom is -0.343 e. The maximum Gasteiger partial charge on any atom is 0.249 e. The van der Waals surface area contributed by atoms with E-state index in [1.807, 2.05) is 51.1 Å². The summed E-state index contributed by atoms with van der Waals surface area (Å²) in [6.45, 7) is 5.85. The van der Waals surface area contributed by atoms with Crippen LogP contribution in [0.2, 0.25) is 0 Å². The van der Waals surface area contributed by atoms with E-state index in [4.69, 9.17) is 4.52 Å². The van der Waals surface area contributed by atoms with E-state index < -0.39 is 0 Å². The Morgan fingerprint density at radius 2 is 1.89 bits per heavy atom. The second-order valence-corrected chi connectivity index (χ2v) is 6.42. The van der Waals surface area contributed by atoms with Crippen LogP contribution in [0.1, 0.15) is 30.2 Å². The number of nitrogens with zero attached hydrogens (tertiary/aromatic N) is 6. The van der Waals surface area contributed by atoms with Crippen molar-refractivity contribution < 1.29 is 4.52 Å². The molecule has 0 aliphatic rings. The van der Waals surface area contributed by atoms with Crippen LogP contribution in [0.3, 0.4) is 0 Å². The van der Waals surface area contributed by atoms with Crippen molar-refractivity contribution in [3.05, 3.63) is 66.2 Å². The Morgan fingerprint density at radius 3 is 2.68 bits per heavy atom. The third-order valence-corrected chi connectivity index (χ3v) is 4.23. The van der Waals surface area contributed by atoms with Crippen molar-refractivity contribution in [3.63, 3.8) is 0 Å². The first-order valence-corrected chi connectivity index (χ1v) is 8.88. The summed E-state index contributed by atoms with van der Waals surface area (Å²) in [6, 6.07) is 9.30. The van der Waals surface area contributed by atoms with Gasteiger partial charge in [0.1, 0.15) is 6.04 Å². The van der Waals surface area contributed by atoms with Crippen molar-refractivity contribution in [2.75, 3.05) is 5.32 Å². The Kier molecular flexibility index (Phi) is 4.76. The highest BCUT2D eigenvalue weighted by Gasteiger charge is 2.17. The summed E-state index contributed by atoms with van der Waals surface area (Å²) in [7, 11) is 0. The van der Waals surface area contributed by atoms with E-state index in [1.54, 1.807) is 18.6 Å². The molecule has 4 aromatic rings. The van der Waals surface area contributed by atoms with Crippen LogP contribution in [0.15, 0.2) is 53.4 Å². The fraction of sp³-hybridized carbons (Fsp3) is 0.200. The topological polar surface area (TPSA) is 103 Å². The summed E-state index contributed by atoms with van der Waals surface area (Å²) in [4.78, 5) is 21.9. The lowest BCUT2D eigenvalue weighted by atomic mass is 10.1. The summed E-state index contributed by atoms with van der Waals surface area (Å²) >= 11 is 0. The Labute approximate surface area is 162 Å². The first-order chi connectivity index (χ1) is 13.6. The van der Waals surface area contributed by atoms with Crippen molar-refractivity contribution >= 4 is 5.95 Å². The van der Waals surface area contributed by atoms with Crippen molar-refractivity contribution in [3.8, 4) is 22.6 Å². The monoisotopic (exact) mass is 373 g/mol. The molecule has 4 aromatic heterocycles. The Balaban J connectivity index is 1.54. The third kappa shape index (κ3) is 3.71. The highest BCUT2D eigenvalue weighted by molar-refractivity contribution is 5.62. The molecule has 0 saturated heterocycles. The van der Waals surface area contributed by atoms with Crippen LogP contribution in [0, 0.1) is 13.8 Å². The molecule has 28 heavy (non-hydrogen) atoms. The van der Waals surface area contributed by atoms with E-state index in [1.165, 1.54) is 0 Å². The summed E-state index contributed by atoms with van der Waals surface area (Å²) < 4.78 is 5.38. The van der Waals surface area contributed by atoms with Crippen LogP contribution in [0.25, 0.3) is 22.6 Å². The fourth-order valence-electron chi connectivity index (χ4n) is 2.81. The van der Waals surface area contributed by atoms with Crippen LogP contribution < -0.4 is 5.32 Å². The Hall–Kier alpha value is -3.68. The van der Waals surface area contributed by atoms with Crippen LogP contribution >= 0.6 is 0 Å². The number of rotatable bonds is 5. The predicted octanol–water partition coefficient (Wildman–Crippen LogP) is 3.77. The van der Waals surface area contributed by atoms with Crippen molar-refractivity contribution in [2.45, 2.75) is 26.8 Å². The number of pyridine rings is 2. The average molecular weight is 373 g/mol. The zero-order valence-corrected chi connectivity index (χ0v) is 15.8. The molecule has 1 unspecified atom stereocenters. The number of anilines is 1. The maximum atomic E-state index is 5.38. The van der Waals surface area contributed by atoms with Crippen LogP contribution in [-0.2, 0) is 0 Å². The number of aromatic nitrogens is 6. The second-order valence-electron chi connectivity index (χ2n) is 6.42. The van der Waals surface area contributed by atoms with Gasteiger partial charge in [-0.05, 0) is 51.1 Å². The molecule has 0 aromatic carbocycles. The minimum absolute atomic E-state index is 0.259. The van der Waals surface area contributed by atoms with Crippen LogP contribution in [0.5, 0.6) is 0 Å². The lowest BCUT2D eigenvalue weighted by molar-refractivity contribution is 0.367. The van der Waals surface area contributed by atoms with E-state index in [-0.39, 0.29) is 6.04 Å². The quantitative estimate of drug-likeness (QED) is 0.564. The SMILES string of the molecule is Cc1ccc(-c2ccnc(NC(C)c3nc(-c4cccnc4)no3)n2)c(C)n1. The molecule has 0 spiro atoms. The van der Waals surface area contributed by atoms with Gasteiger partial charge in [-0.3, -0.25) is 9.97 Å². The van der Waals surface area contributed by atoms with E-state index in [2.05, 4.69) is 35.4 Å². The minimum atomic E-state index is -0.259. The van der Waals surface area contributed by atoms with Gasteiger partial charge in [0.15, 0.2) is 0 Å². The molecule has 0 radical (unpaired) electrons. The zero-order valence-electron chi connectivity index (χ0n) is 15.8. The van der Waals surface area contributed by atoms with Crippen molar-refractivity contribution in [1.82, 2.24) is 30.1 Å². The number of hydrogen-bond acceptors (Lipinski definition) is 8. The van der Waals surface area contributed by atoms with Crippen LogP contribution in [0.4, 0.5) is 5.95 Å². The fourth-order valence-corrected chi connectivity index (χ4v) is 2.81. The highest BCUT2D eigenvalue weighted by atomic mass is 16.5. The molecule has 0 aliphatic carbocycles. The van der Waals surface area contributed by atoms with Gasteiger partial charge < -0.3 is 9.84 Å². The lowest BCUT2D eigenvalue weighted by Gasteiger charge is -2.11. The predicted molar refractivity (Wildman–Crippen MR) is 104 cm³/mol. The van der Waals surface area contributed by atoms with E-state index in [9.17, 15) is 0 Å². The summed E-state index contributed by atoms with van der Waals surface area (Å²) in [5.74, 6) is 1.42. The van der Waals surface area contributed by atoms with Gasteiger partial charge >= 0.3 is 0 Å². The third-order valence-electron chi connectivity index (χ3n) is 4.23. The largest absolute Gasteiger partial charge is 0.343 e. The molecule has 0 aliphatic heterocycles. The smallest absolute Gasteiger partial charge is 0.249 e. The molecule has 1 atom stereocenters. The first-order valence-electron chi connectivity index (χ1n) is 8.88. The van der Waals surface area contributed by atoms with Gasteiger partial charge in [0, 0.05) is 41.1 Å². The van der Waals surface area contributed by atoms with Crippen LogP contribution in [-0.4, -0.2) is 30.1 Å². The van der Waals surface area contributed by atoms with Gasteiger partial charge in [-0.25, -0.2) is 9.97 Å². The lowest BCUT2D eigenvalue weighted by Crippen LogP contribution is -2.10. The molecule has 0 fully saturated rings. The highest BCUT2D eigenvalue weighted by Crippen LogP contribution is 2.23. The summed E-state index contributed by atoms with van der Waals surface area (Å²) in [5, 5.41) is 7.23. The number of nitrogens with one attached hydrogen (secondary N) is 1. The number of hydrogen-bond donors (Lipinski definition) is 1. The number of aryl methyl sites for hydroxylation is 2. The van der Waals surface area contributed by atoms with Gasteiger partial charge in [-0.15, -0.1) is 0 Å². The summed E-state index contributed by atoms with van der Waals surface area (Å²) in [5.41, 5.74) is 4.47.